The molecule has 110 valence electrons. The zero-order chi connectivity index (χ0) is 14.7. The second kappa shape index (κ2) is 10.6. The number of carboxylic acid groups (broad SMARTS) is 1. The van der Waals surface area contributed by atoms with Crippen LogP contribution in [0.3, 0.4) is 0 Å². The summed E-state index contributed by atoms with van der Waals surface area (Å²) in [6.45, 7) is 6.53. The van der Waals surface area contributed by atoms with Gasteiger partial charge in [-0.2, -0.15) is 0 Å². The first-order valence-electron chi connectivity index (χ1n) is 7.17. The molecular formula is C15H27NO3. The number of carbonyl (C=O) groups excluding carboxylic acids is 1. The van der Waals surface area contributed by atoms with Crippen LogP contribution in [0.2, 0.25) is 0 Å². The van der Waals surface area contributed by atoms with Crippen LogP contribution in [0.5, 0.6) is 0 Å². The van der Waals surface area contributed by atoms with Gasteiger partial charge in [0.1, 0.15) is 0 Å². The number of rotatable bonds is 10. The number of amides is 1. The summed E-state index contributed by atoms with van der Waals surface area (Å²) >= 11 is 0. The Labute approximate surface area is 116 Å². The van der Waals surface area contributed by atoms with Crippen molar-refractivity contribution < 1.29 is 14.7 Å². The van der Waals surface area contributed by atoms with Crippen molar-refractivity contribution in [1.82, 2.24) is 5.32 Å². The molecule has 0 rings (SSSR count). The average Bonchev–Trinajstić information content (AvgIpc) is 2.35. The summed E-state index contributed by atoms with van der Waals surface area (Å²) in [5, 5.41) is 11.6. The number of carbonyl (C=O) groups is 2. The van der Waals surface area contributed by atoms with Crippen molar-refractivity contribution in [2.24, 2.45) is 5.92 Å². The van der Waals surface area contributed by atoms with E-state index in [1.54, 1.807) is 0 Å². The first-order chi connectivity index (χ1) is 9.01. The quantitative estimate of drug-likeness (QED) is 0.599. The first-order valence-corrected chi connectivity index (χ1v) is 7.17. The molecule has 0 spiro atoms. The third kappa shape index (κ3) is 9.28. The van der Waals surface area contributed by atoms with Crippen LogP contribution in [0.4, 0.5) is 0 Å². The largest absolute Gasteiger partial charge is 0.481 e. The van der Waals surface area contributed by atoms with Crippen molar-refractivity contribution in [3.63, 3.8) is 0 Å². The lowest BCUT2D eigenvalue weighted by Crippen LogP contribution is -2.26. The lowest BCUT2D eigenvalue weighted by atomic mass is 9.94. The van der Waals surface area contributed by atoms with E-state index in [1.807, 2.05) is 19.9 Å². The van der Waals surface area contributed by atoms with Crippen LogP contribution in [0.1, 0.15) is 59.3 Å². The molecule has 2 N–H and O–H groups in total. The van der Waals surface area contributed by atoms with Gasteiger partial charge >= 0.3 is 5.97 Å². The Morgan fingerprint density at radius 1 is 1.21 bits per heavy atom. The normalized spacial score (nSPS) is 13.1. The van der Waals surface area contributed by atoms with E-state index < -0.39 is 5.97 Å². The molecule has 0 heterocycles. The molecule has 0 aromatic rings. The molecule has 0 radical (unpaired) electrons. The average molecular weight is 269 g/mol. The molecular weight excluding hydrogens is 242 g/mol. The van der Waals surface area contributed by atoms with E-state index in [0.29, 0.717) is 18.9 Å². The number of aliphatic carboxylic acids is 1. The summed E-state index contributed by atoms with van der Waals surface area (Å²) in [4.78, 5) is 22.2. The minimum absolute atomic E-state index is 0.0182. The van der Waals surface area contributed by atoms with Gasteiger partial charge in [0.05, 0.1) is 0 Å². The highest BCUT2D eigenvalue weighted by atomic mass is 16.4. The second-order valence-corrected chi connectivity index (χ2v) is 4.93. The van der Waals surface area contributed by atoms with Gasteiger partial charge in [0.15, 0.2) is 0 Å². The van der Waals surface area contributed by atoms with Gasteiger partial charge in [0, 0.05) is 18.5 Å². The van der Waals surface area contributed by atoms with Gasteiger partial charge in [-0.1, -0.05) is 32.8 Å². The van der Waals surface area contributed by atoms with E-state index in [2.05, 4.69) is 12.2 Å². The maximum absolute atomic E-state index is 11.7. The fourth-order valence-corrected chi connectivity index (χ4v) is 2.10. The van der Waals surface area contributed by atoms with Gasteiger partial charge in [-0.15, -0.1) is 0 Å². The van der Waals surface area contributed by atoms with Crippen LogP contribution >= 0.6 is 0 Å². The van der Waals surface area contributed by atoms with Gasteiger partial charge in [-0.05, 0) is 32.1 Å². The van der Waals surface area contributed by atoms with Crippen molar-refractivity contribution in [2.45, 2.75) is 59.3 Å². The van der Waals surface area contributed by atoms with Crippen LogP contribution in [0.25, 0.3) is 0 Å². The maximum atomic E-state index is 11.7. The van der Waals surface area contributed by atoms with Gasteiger partial charge in [0.2, 0.25) is 5.91 Å². The van der Waals surface area contributed by atoms with E-state index in [4.69, 9.17) is 5.11 Å². The zero-order valence-electron chi connectivity index (χ0n) is 12.4. The molecule has 1 amide bonds. The molecule has 0 aromatic heterocycles. The maximum Gasteiger partial charge on any atom is 0.303 e. The van der Waals surface area contributed by atoms with Crippen LogP contribution in [-0.2, 0) is 9.59 Å². The Bertz CT molecular complexity index is 311. The smallest absolute Gasteiger partial charge is 0.303 e. The summed E-state index contributed by atoms with van der Waals surface area (Å²) in [6.07, 6.45) is 6.60. The summed E-state index contributed by atoms with van der Waals surface area (Å²) in [6, 6.07) is 0. The first kappa shape index (κ1) is 17.7. The van der Waals surface area contributed by atoms with Gasteiger partial charge in [0.25, 0.3) is 0 Å². The number of hydrogen-bond acceptors (Lipinski definition) is 2. The summed E-state index contributed by atoms with van der Waals surface area (Å²) in [7, 11) is 0. The standard InChI is InChI=1S/C15H27NO3/c1-4-6-12(3)15(19)16-11-10-13(7-5-2)8-9-14(17)18/h6,13H,4-5,7-11H2,1-3H3,(H,16,19)(H,17,18). The summed E-state index contributed by atoms with van der Waals surface area (Å²) < 4.78 is 0. The van der Waals surface area contributed by atoms with Crippen molar-refractivity contribution in [2.75, 3.05) is 6.54 Å². The molecule has 0 saturated carbocycles. The highest BCUT2D eigenvalue weighted by Crippen LogP contribution is 2.17. The van der Waals surface area contributed by atoms with Crippen LogP contribution in [0.15, 0.2) is 11.6 Å². The molecule has 0 aromatic carbocycles. The molecule has 4 nitrogen and oxygen atoms in total. The summed E-state index contributed by atoms with van der Waals surface area (Å²) in [5.74, 6) is -0.376. The Hall–Kier alpha value is -1.32. The van der Waals surface area contributed by atoms with E-state index >= 15 is 0 Å². The van der Waals surface area contributed by atoms with Crippen molar-refractivity contribution in [1.29, 1.82) is 0 Å². The van der Waals surface area contributed by atoms with Crippen molar-refractivity contribution in [3.05, 3.63) is 11.6 Å². The zero-order valence-corrected chi connectivity index (χ0v) is 12.4. The predicted octanol–water partition coefficient (Wildman–Crippen LogP) is 3.13. The Kier molecular flexibility index (Phi) is 9.85. The van der Waals surface area contributed by atoms with E-state index in [1.165, 1.54) is 0 Å². The number of carboxylic acids is 1. The lowest BCUT2D eigenvalue weighted by molar-refractivity contribution is -0.137. The summed E-state index contributed by atoms with van der Waals surface area (Å²) in [5.41, 5.74) is 0.750. The fraction of sp³-hybridized carbons (Fsp3) is 0.733. The third-order valence-corrected chi connectivity index (χ3v) is 3.17. The van der Waals surface area contributed by atoms with Crippen LogP contribution in [-0.4, -0.2) is 23.5 Å². The van der Waals surface area contributed by atoms with Crippen molar-refractivity contribution >= 4 is 11.9 Å². The molecule has 0 fully saturated rings. The van der Waals surface area contributed by atoms with E-state index in [9.17, 15) is 9.59 Å². The highest BCUT2D eigenvalue weighted by Gasteiger charge is 2.11. The third-order valence-electron chi connectivity index (χ3n) is 3.17. The molecule has 1 unspecified atom stereocenters. The molecule has 1 atom stereocenters. The second-order valence-electron chi connectivity index (χ2n) is 4.93. The monoisotopic (exact) mass is 269 g/mol. The minimum atomic E-state index is -0.744. The molecule has 0 aliphatic rings. The Balaban J connectivity index is 4.01. The Morgan fingerprint density at radius 3 is 2.42 bits per heavy atom. The minimum Gasteiger partial charge on any atom is -0.481 e. The molecule has 19 heavy (non-hydrogen) atoms. The van der Waals surface area contributed by atoms with E-state index in [0.717, 1.165) is 31.3 Å². The number of hydrogen-bond donors (Lipinski definition) is 2. The van der Waals surface area contributed by atoms with Gasteiger partial charge < -0.3 is 10.4 Å². The topological polar surface area (TPSA) is 66.4 Å². The number of allylic oxidation sites excluding steroid dienone is 1. The fourth-order valence-electron chi connectivity index (χ4n) is 2.10. The SMILES string of the molecule is CCC=C(C)C(=O)NCCC(CCC)CCC(=O)O. The molecule has 0 aliphatic carbocycles. The van der Waals surface area contributed by atoms with Crippen LogP contribution < -0.4 is 5.32 Å². The molecule has 0 aliphatic heterocycles. The van der Waals surface area contributed by atoms with Gasteiger partial charge in [-0.25, -0.2) is 0 Å². The van der Waals surface area contributed by atoms with Crippen molar-refractivity contribution in [3.8, 4) is 0 Å². The Morgan fingerprint density at radius 2 is 1.89 bits per heavy atom. The van der Waals surface area contributed by atoms with E-state index in [-0.39, 0.29) is 12.3 Å². The highest BCUT2D eigenvalue weighted by molar-refractivity contribution is 5.92. The predicted molar refractivity (Wildman–Crippen MR) is 76.9 cm³/mol. The molecule has 4 heteroatoms. The lowest BCUT2D eigenvalue weighted by Gasteiger charge is -2.15. The van der Waals surface area contributed by atoms with Gasteiger partial charge in [-0.3, -0.25) is 9.59 Å². The number of nitrogens with one attached hydrogen (secondary N) is 1. The van der Waals surface area contributed by atoms with Crippen LogP contribution in [0, 0.1) is 5.92 Å². The molecule has 0 saturated heterocycles. The molecule has 0 bridgehead atoms.